The Morgan fingerprint density at radius 1 is 1.19 bits per heavy atom. The summed E-state index contributed by atoms with van der Waals surface area (Å²) < 4.78 is 0.967. The van der Waals surface area contributed by atoms with Gasteiger partial charge in [-0.05, 0) is 65.4 Å². The highest BCUT2D eigenvalue weighted by atomic mass is 127. The quantitative estimate of drug-likeness (QED) is 0.738. The lowest BCUT2D eigenvalue weighted by molar-refractivity contribution is 0.0698. The maximum Gasteiger partial charge on any atom is 0.337 e. The third-order valence-corrected chi connectivity index (χ3v) is 4.29. The lowest BCUT2D eigenvalue weighted by Gasteiger charge is -2.09. The van der Waals surface area contributed by atoms with Crippen LogP contribution in [0.4, 0.5) is 5.69 Å². The Morgan fingerprint density at radius 3 is 2.52 bits per heavy atom. The number of aryl methyl sites for hydroxylation is 1. The molecule has 0 aliphatic carbocycles. The fourth-order valence-corrected chi connectivity index (χ4v) is 2.42. The third kappa shape index (κ3) is 3.74. The zero-order chi connectivity index (χ0) is 15.6. The Balaban J connectivity index is 2.31. The van der Waals surface area contributed by atoms with E-state index in [1.165, 1.54) is 18.2 Å². The molecule has 1 amide bonds. The lowest BCUT2D eigenvalue weighted by Crippen LogP contribution is -2.15. The molecule has 0 aromatic heterocycles. The molecule has 0 fully saturated rings. The van der Waals surface area contributed by atoms with E-state index in [4.69, 9.17) is 16.7 Å². The zero-order valence-electron chi connectivity index (χ0n) is 11.0. The molecule has 0 radical (unpaired) electrons. The van der Waals surface area contributed by atoms with Gasteiger partial charge in [-0.3, -0.25) is 4.79 Å². The number of carboxylic acids is 1. The summed E-state index contributed by atoms with van der Waals surface area (Å²) in [7, 11) is 0. The van der Waals surface area contributed by atoms with Crippen LogP contribution in [0.25, 0.3) is 0 Å². The summed E-state index contributed by atoms with van der Waals surface area (Å²) in [6, 6.07) is 9.60. The van der Waals surface area contributed by atoms with Crippen LogP contribution in [0.5, 0.6) is 0 Å². The van der Waals surface area contributed by atoms with E-state index in [0.717, 1.165) is 9.13 Å². The number of aromatic carboxylic acids is 1. The molecule has 0 aliphatic rings. The summed E-state index contributed by atoms with van der Waals surface area (Å²) in [5.74, 6) is -1.51. The van der Waals surface area contributed by atoms with Gasteiger partial charge in [-0.1, -0.05) is 17.7 Å². The molecule has 0 saturated carbocycles. The lowest BCUT2D eigenvalue weighted by atomic mass is 10.1. The van der Waals surface area contributed by atoms with Crippen LogP contribution in [0.15, 0.2) is 36.4 Å². The average Bonchev–Trinajstić information content (AvgIpc) is 2.43. The summed E-state index contributed by atoms with van der Waals surface area (Å²) in [5.41, 5.74) is 1.71. The molecular weight excluding hydrogens is 405 g/mol. The van der Waals surface area contributed by atoms with Crippen molar-refractivity contribution in [2.45, 2.75) is 6.92 Å². The number of nitrogens with one attached hydrogen (secondary N) is 1. The number of carboxylic acid groups (broad SMARTS) is 1. The minimum atomic E-state index is -1.15. The maximum absolute atomic E-state index is 12.2. The molecule has 21 heavy (non-hydrogen) atoms. The first kappa shape index (κ1) is 15.8. The Morgan fingerprint density at radius 2 is 1.90 bits per heavy atom. The van der Waals surface area contributed by atoms with Crippen molar-refractivity contribution in [2.24, 2.45) is 0 Å². The second-order valence-electron chi connectivity index (χ2n) is 4.41. The predicted molar refractivity (Wildman–Crippen MR) is 90.3 cm³/mol. The monoisotopic (exact) mass is 415 g/mol. The first-order valence-corrected chi connectivity index (χ1v) is 7.44. The number of rotatable bonds is 3. The molecule has 6 heteroatoms. The SMILES string of the molecule is Cc1ccc(C(=O)Nc2ccc(Cl)cc2C(=O)O)cc1I. The topological polar surface area (TPSA) is 66.4 Å². The number of hydrogen-bond donors (Lipinski definition) is 2. The van der Waals surface area contributed by atoms with Crippen molar-refractivity contribution in [2.75, 3.05) is 5.32 Å². The average molecular weight is 416 g/mol. The summed E-state index contributed by atoms with van der Waals surface area (Å²) in [6.45, 7) is 1.95. The molecule has 0 heterocycles. The van der Waals surface area contributed by atoms with Crippen molar-refractivity contribution < 1.29 is 14.7 Å². The molecule has 108 valence electrons. The van der Waals surface area contributed by atoms with Gasteiger partial charge in [0, 0.05) is 14.2 Å². The van der Waals surface area contributed by atoms with E-state index in [-0.39, 0.29) is 17.2 Å². The number of carbonyl (C=O) groups excluding carboxylic acids is 1. The Labute approximate surface area is 140 Å². The molecule has 4 nitrogen and oxygen atoms in total. The summed E-state index contributed by atoms with van der Waals surface area (Å²) >= 11 is 7.92. The Kier molecular flexibility index (Phi) is 4.84. The Hall–Kier alpha value is -1.60. The van der Waals surface area contributed by atoms with Crippen LogP contribution in [0.3, 0.4) is 0 Å². The van der Waals surface area contributed by atoms with Gasteiger partial charge in [0.05, 0.1) is 11.3 Å². The van der Waals surface area contributed by atoms with E-state index in [1.807, 2.05) is 13.0 Å². The number of carbonyl (C=O) groups is 2. The normalized spacial score (nSPS) is 10.2. The zero-order valence-corrected chi connectivity index (χ0v) is 13.9. The highest BCUT2D eigenvalue weighted by Crippen LogP contribution is 2.22. The molecule has 0 atom stereocenters. The van der Waals surface area contributed by atoms with Crippen LogP contribution in [0.1, 0.15) is 26.3 Å². The first-order valence-electron chi connectivity index (χ1n) is 5.99. The summed E-state index contributed by atoms with van der Waals surface area (Å²) in [5, 5.41) is 12.0. The number of hydrogen-bond acceptors (Lipinski definition) is 2. The van der Waals surface area contributed by atoms with E-state index in [1.54, 1.807) is 12.1 Å². The molecule has 0 aliphatic heterocycles. The van der Waals surface area contributed by atoms with Crippen LogP contribution >= 0.6 is 34.2 Å². The standard InChI is InChI=1S/C15H11ClINO3/c1-8-2-3-9(6-12(8)17)14(19)18-13-5-4-10(16)7-11(13)15(20)21/h2-7H,1H3,(H,18,19)(H,20,21). The van der Waals surface area contributed by atoms with Gasteiger partial charge >= 0.3 is 5.97 Å². The predicted octanol–water partition coefficient (Wildman–Crippen LogP) is 4.20. The molecule has 2 aromatic carbocycles. The minimum absolute atomic E-state index is 0.0438. The van der Waals surface area contributed by atoms with Crippen molar-refractivity contribution in [3.8, 4) is 0 Å². The number of anilines is 1. The maximum atomic E-state index is 12.2. The largest absolute Gasteiger partial charge is 0.478 e. The second kappa shape index (κ2) is 6.44. The Bertz CT molecular complexity index is 731. The highest BCUT2D eigenvalue weighted by molar-refractivity contribution is 14.1. The van der Waals surface area contributed by atoms with Crippen molar-refractivity contribution >= 4 is 51.8 Å². The molecule has 0 spiro atoms. The van der Waals surface area contributed by atoms with Crippen LogP contribution in [-0.4, -0.2) is 17.0 Å². The van der Waals surface area contributed by atoms with E-state index in [9.17, 15) is 9.59 Å². The molecule has 0 saturated heterocycles. The molecule has 2 rings (SSSR count). The smallest absolute Gasteiger partial charge is 0.337 e. The van der Waals surface area contributed by atoms with E-state index >= 15 is 0 Å². The number of benzene rings is 2. The van der Waals surface area contributed by atoms with E-state index in [0.29, 0.717) is 10.6 Å². The van der Waals surface area contributed by atoms with Gasteiger partial charge in [-0.25, -0.2) is 4.79 Å². The van der Waals surface area contributed by atoms with Gasteiger partial charge in [0.15, 0.2) is 0 Å². The van der Waals surface area contributed by atoms with Crippen molar-refractivity contribution in [1.29, 1.82) is 0 Å². The molecule has 2 aromatic rings. The van der Waals surface area contributed by atoms with Crippen molar-refractivity contribution in [3.05, 3.63) is 61.7 Å². The fraction of sp³-hybridized carbons (Fsp3) is 0.0667. The molecule has 0 bridgehead atoms. The molecule has 2 N–H and O–H groups in total. The van der Waals surface area contributed by atoms with E-state index in [2.05, 4.69) is 27.9 Å². The van der Waals surface area contributed by atoms with Gasteiger partial charge in [-0.2, -0.15) is 0 Å². The summed E-state index contributed by atoms with van der Waals surface area (Å²) in [4.78, 5) is 23.4. The van der Waals surface area contributed by atoms with Crippen molar-refractivity contribution in [3.63, 3.8) is 0 Å². The van der Waals surface area contributed by atoms with Gasteiger partial charge in [0.2, 0.25) is 0 Å². The van der Waals surface area contributed by atoms with Gasteiger partial charge < -0.3 is 10.4 Å². The molecular formula is C15H11ClINO3. The second-order valence-corrected chi connectivity index (χ2v) is 6.01. The van der Waals surface area contributed by atoms with Crippen LogP contribution in [0.2, 0.25) is 5.02 Å². The van der Waals surface area contributed by atoms with Gasteiger partial charge in [0.25, 0.3) is 5.91 Å². The molecule has 0 unspecified atom stereocenters. The third-order valence-electron chi connectivity index (χ3n) is 2.89. The van der Waals surface area contributed by atoms with Crippen LogP contribution < -0.4 is 5.32 Å². The van der Waals surface area contributed by atoms with Gasteiger partial charge in [-0.15, -0.1) is 0 Å². The van der Waals surface area contributed by atoms with Gasteiger partial charge in [0.1, 0.15) is 0 Å². The highest BCUT2D eigenvalue weighted by Gasteiger charge is 2.14. The minimum Gasteiger partial charge on any atom is -0.478 e. The first-order chi connectivity index (χ1) is 9.88. The van der Waals surface area contributed by atoms with Crippen molar-refractivity contribution in [1.82, 2.24) is 0 Å². The fourth-order valence-electron chi connectivity index (χ4n) is 1.73. The summed E-state index contributed by atoms with van der Waals surface area (Å²) in [6.07, 6.45) is 0. The van der Waals surface area contributed by atoms with Crippen LogP contribution in [-0.2, 0) is 0 Å². The number of halogens is 2. The number of amides is 1. The van der Waals surface area contributed by atoms with Crippen LogP contribution in [0, 0.1) is 10.5 Å². The van der Waals surface area contributed by atoms with E-state index < -0.39 is 5.97 Å².